The van der Waals surface area contributed by atoms with Gasteiger partial charge in [-0.15, -0.1) is 0 Å². The molecule has 0 saturated carbocycles. The van der Waals surface area contributed by atoms with Gasteiger partial charge in [-0.05, 0) is 17.7 Å². The van der Waals surface area contributed by atoms with Crippen molar-refractivity contribution < 1.29 is 12.8 Å². The van der Waals surface area contributed by atoms with E-state index in [4.69, 9.17) is 11.6 Å². The van der Waals surface area contributed by atoms with E-state index in [0.29, 0.717) is 10.8 Å². The Hall–Kier alpha value is -0.790. The zero-order chi connectivity index (χ0) is 15.2. The zero-order valence-corrected chi connectivity index (χ0v) is 13.7. The molecule has 0 spiro atoms. The molecule has 114 valence electrons. The van der Waals surface area contributed by atoms with Crippen LogP contribution in [0.4, 0.5) is 4.39 Å². The van der Waals surface area contributed by atoms with Gasteiger partial charge in [0, 0.05) is 17.8 Å². The lowest BCUT2D eigenvalue weighted by atomic mass is 10.2. The smallest absolute Gasteiger partial charge is 0.159 e. The number of rotatable bonds is 2. The fourth-order valence-corrected chi connectivity index (χ4v) is 5.92. The van der Waals surface area contributed by atoms with Crippen molar-refractivity contribution in [3.8, 4) is 0 Å². The Morgan fingerprint density at radius 2 is 2.24 bits per heavy atom. The predicted octanol–water partition coefficient (Wildman–Crippen LogP) is 2.18. The predicted molar refractivity (Wildman–Crippen MR) is 84.1 cm³/mol. The molecule has 0 amide bonds. The molecule has 2 atom stereocenters. The average Bonchev–Trinajstić information content (AvgIpc) is 2.83. The van der Waals surface area contributed by atoms with Crippen LogP contribution in [0.15, 0.2) is 23.2 Å². The molecule has 1 saturated heterocycles. The van der Waals surface area contributed by atoms with Crippen LogP contribution < -0.4 is 0 Å². The second kappa shape index (κ2) is 5.44. The molecule has 2 heterocycles. The van der Waals surface area contributed by atoms with Gasteiger partial charge in [-0.3, -0.25) is 4.99 Å². The Morgan fingerprint density at radius 1 is 1.48 bits per heavy atom. The van der Waals surface area contributed by atoms with E-state index in [-0.39, 0.29) is 29.4 Å². The summed E-state index contributed by atoms with van der Waals surface area (Å²) in [6.45, 7) is 0. The van der Waals surface area contributed by atoms with Gasteiger partial charge in [0.1, 0.15) is 5.82 Å². The molecule has 0 N–H and O–H groups in total. The maximum Gasteiger partial charge on any atom is 0.159 e. The van der Waals surface area contributed by atoms with Crippen molar-refractivity contribution in [2.75, 3.05) is 18.6 Å². The maximum atomic E-state index is 13.0. The molecule has 0 aliphatic carbocycles. The first-order valence-electron chi connectivity index (χ1n) is 6.43. The van der Waals surface area contributed by atoms with Crippen LogP contribution in [0.5, 0.6) is 0 Å². The van der Waals surface area contributed by atoms with Crippen LogP contribution in [0.2, 0.25) is 5.02 Å². The van der Waals surface area contributed by atoms with Crippen LogP contribution in [0.1, 0.15) is 5.56 Å². The zero-order valence-electron chi connectivity index (χ0n) is 11.3. The fraction of sp³-hybridized carbons (Fsp3) is 0.462. The van der Waals surface area contributed by atoms with Crippen molar-refractivity contribution in [2.45, 2.75) is 17.8 Å². The number of halogens is 2. The monoisotopic (exact) mass is 348 g/mol. The van der Waals surface area contributed by atoms with Crippen LogP contribution in [0.25, 0.3) is 0 Å². The van der Waals surface area contributed by atoms with E-state index in [1.54, 1.807) is 6.07 Å². The van der Waals surface area contributed by atoms with E-state index in [0.717, 1.165) is 10.7 Å². The number of fused-ring (bicyclic) bond motifs is 1. The van der Waals surface area contributed by atoms with Crippen molar-refractivity contribution in [3.05, 3.63) is 34.6 Å². The SMILES string of the molecule is CN1C(SCc2ccc(F)cc2Cl)=N[C@H]2CS(=O)(=O)C[C@@H]21. The third-order valence-corrected chi connectivity index (χ3v) is 6.90. The summed E-state index contributed by atoms with van der Waals surface area (Å²) in [7, 11) is -1.10. The van der Waals surface area contributed by atoms with Crippen molar-refractivity contribution in [1.82, 2.24) is 4.90 Å². The molecule has 3 rings (SSSR count). The van der Waals surface area contributed by atoms with Gasteiger partial charge in [0.05, 0.1) is 23.6 Å². The van der Waals surface area contributed by atoms with E-state index >= 15 is 0 Å². The molecule has 1 aromatic carbocycles. The van der Waals surface area contributed by atoms with E-state index < -0.39 is 9.84 Å². The first kappa shape index (κ1) is 15.1. The molecular formula is C13H14ClFN2O2S2. The van der Waals surface area contributed by atoms with E-state index in [1.807, 2.05) is 11.9 Å². The highest BCUT2D eigenvalue weighted by Gasteiger charge is 2.44. The summed E-state index contributed by atoms with van der Waals surface area (Å²) < 4.78 is 36.2. The van der Waals surface area contributed by atoms with Crippen LogP contribution >= 0.6 is 23.4 Å². The quantitative estimate of drug-likeness (QED) is 0.822. The topological polar surface area (TPSA) is 49.7 Å². The number of likely N-dealkylation sites (N-methyl/N-ethyl adjacent to an activating group) is 1. The number of sulfone groups is 1. The van der Waals surface area contributed by atoms with E-state index in [9.17, 15) is 12.8 Å². The van der Waals surface area contributed by atoms with Gasteiger partial charge in [-0.2, -0.15) is 0 Å². The molecular weight excluding hydrogens is 335 g/mol. The third kappa shape index (κ3) is 3.05. The summed E-state index contributed by atoms with van der Waals surface area (Å²) in [6.07, 6.45) is 0. The minimum atomic E-state index is -2.96. The van der Waals surface area contributed by atoms with Crippen molar-refractivity contribution in [2.24, 2.45) is 4.99 Å². The Balaban J connectivity index is 1.69. The molecule has 0 aromatic heterocycles. The van der Waals surface area contributed by atoms with Crippen molar-refractivity contribution >= 4 is 38.4 Å². The highest BCUT2D eigenvalue weighted by Crippen LogP contribution is 2.32. The second-order valence-electron chi connectivity index (χ2n) is 5.26. The number of hydrogen-bond acceptors (Lipinski definition) is 5. The summed E-state index contributed by atoms with van der Waals surface area (Å²) in [5.74, 6) is 0.514. The highest BCUT2D eigenvalue weighted by molar-refractivity contribution is 8.13. The molecule has 2 aliphatic rings. The Morgan fingerprint density at radius 3 is 2.90 bits per heavy atom. The number of thioether (sulfide) groups is 1. The minimum absolute atomic E-state index is 0.0545. The highest BCUT2D eigenvalue weighted by atomic mass is 35.5. The number of hydrogen-bond donors (Lipinski definition) is 0. The summed E-state index contributed by atoms with van der Waals surface area (Å²) in [6, 6.07) is 4.11. The number of nitrogens with zero attached hydrogens (tertiary/aromatic N) is 2. The molecule has 0 bridgehead atoms. The molecule has 21 heavy (non-hydrogen) atoms. The molecule has 0 radical (unpaired) electrons. The lowest BCUT2D eigenvalue weighted by Crippen LogP contribution is -2.35. The van der Waals surface area contributed by atoms with Crippen LogP contribution in [-0.4, -0.2) is 49.1 Å². The summed E-state index contributed by atoms with van der Waals surface area (Å²) in [4.78, 5) is 6.43. The van der Waals surface area contributed by atoms with Gasteiger partial charge in [-0.25, -0.2) is 12.8 Å². The molecule has 1 fully saturated rings. The normalized spacial score (nSPS) is 26.8. The molecule has 0 unspecified atom stereocenters. The third-order valence-electron chi connectivity index (χ3n) is 3.74. The average molecular weight is 349 g/mol. The largest absolute Gasteiger partial charge is 0.348 e. The standard InChI is InChI=1S/C13H14ClFN2O2S2/c1-17-12-7-21(18,19)6-11(12)16-13(17)20-5-8-2-3-9(15)4-10(8)14/h2-4,11-12H,5-7H2,1H3/t11-,12-/m0/s1. The van der Waals surface area contributed by atoms with Gasteiger partial charge in [0.2, 0.25) is 0 Å². The van der Waals surface area contributed by atoms with Gasteiger partial charge >= 0.3 is 0 Å². The molecule has 1 aromatic rings. The first-order chi connectivity index (χ1) is 9.85. The van der Waals surface area contributed by atoms with Gasteiger partial charge in [0.25, 0.3) is 0 Å². The van der Waals surface area contributed by atoms with Crippen LogP contribution in [-0.2, 0) is 15.6 Å². The first-order valence-corrected chi connectivity index (χ1v) is 9.62. The summed E-state index contributed by atoms with van der Waals surface area (Å²) in [5.41, 5.74) is 0.837. The lowest BCUT2D eigenvalue weighted by molar-refractivity contribution is 0.410. The Labute approximate surface area is 132 Å². The Kier molecular flexibility index (Phi) is 3.92. The van der Waals surface area contributed by atoms with Gasteiger partial charge in [-0.1, -0.05) is 29.4 Å². The van der Waals surface area contributed by atoms with Crippen LogP contribution in [0, 0.1) is 5.82 Å². The van der Waals surface area contributed by atoms with Crippen molar-refractivity contribution in [1.29, 1.82) is 0 Å². The van der Waals surface area contributed by atoms with Gasteiger partial charge in [0.15, 0.2) is 15.0 Å². The summed E-state index contributed by atoms with van der Waals surface area (Å²) in [5, 5.41) is 1.21. The molecule has 8 heteroatoms. The van der Waals surface area contributed by atoms with E-state index in [2.05, 4.69) is 4.99 Å². The van der Waals surface area contributed by atoms with Crippen LogP contribution in [0.3, 0.4) is 0 Å². The number of benzene rings is 1. The van der Waals surface area contributed by atoms with E-state index in [1.165, 1.54) is 23.9 Å². The number of aliphatic imine (C=N–C) groups is 1. The maximum absolute atomic E-state index is 13.0. The van der Waals surface area contributed by atoms with Crippen molar-refractivity contribution in [3.63, 3.8) is 0 Å². The lowest BCUT2D eigenvalue weighted by Gasteiger charge is -2.20. The number of amidine groups is 1. The second-order valence-corrected chi connectivity index (χ2v) is 8.76. The fourth-order valence-electron chi connectivity index (χ4n) is 2.60. The molecule has 4 nitrogen and oxygen atoms in total. The molecule has 2 aliphatic heterocycles. The van der Waals surface area contributed by atoms with Gasteiger partial charge < -0.3 is 4.90 Å². The summed E-state index contributed by atoms with van der Waals surface area (Å²) >= 11 is 7.49. The minimum Gasteiger partial charge on any atom is -0.348 e. The Bertz CT molecular complexity index is 708.